The summed E-state index contributed by atoms with van der Waals surface area (Å²) in [4.78, 5) is 14.7. The lowest BCUT2D eigenvalue weighted by Gasteiger charge is -2.38. The maximum absolute atomic E-state index is 12.9. The van der Waals surface area contributed by atoms with Crippen molar-refractivity contribution < 1.29 is 9.53 Å². The Morgan fingerprint density at radius 3 is 2.61 bits per heavy atom. The Bertz CT molecular complexity index is 797. The van der Waals surface area contributed by atoms with Crippen molar-refractivity contribution in [3.05, 3.63) is 36.2 Å². The van der Waals surface area contributed by atoms with Crippen LogP contribution in [0.2, 0.25) is 0 Å². The molecule has 1 unspecified atom stereocenters. The fraction of sp³-hybridized carbons (Fsp3) is 0.600. The van der Waals surface area contributed by atoms with Crippen molar-refractivity contribution in [3.8, 4) is 0 Å². The van der Waals surface area contributed by atoms with E-state index < -0.39 is 0 Å². The van der Waals surface area contributed by atoms with Crippen molar-refractivity contribution in [2.75, 3.05) is 25.1 Å². The van der Waals surface area contributed by atoms with Gasteiger partial charge in [-0.1, -0.05) is 39.0 Å². The number of tetrazole rings is 1. The first kappa shape index (κ1) is 20.3. The molecule has 1 aliphatic rings. The van der Waals surface area contributed by atoms with Gasteiger partial charge in [0.15, 0.2) is 5.82 Å². The molecule has 1 aliphatic heterocycles. The molecule has 1 N–H and O–H groups in total. The molecule has 1 fully saturated rings. The number of rotatable bonds is 4. The van der Waals surface area contributed by atoms with Crippen molar-refractivity contribution in [1.82, 2.24) is 25.1 Å². The van der Waals surface area contributed by atoms with Gasteiger partial charge in [0, 0.05) is 12.2 Å². The first-order valence-electron chi connectivity index (χ1n) is 9.67. The maximum Gasteiger partial charge on any atom is 0.322 e. The van der Waals surface area contributed by atoms with Gasteiger partial charge in [0.05, 0.1) is 18.8 Å². The molecule has 0 bridgehead atoms. The fourth-order valence-electron chi connectivity index (χ4n) is 3.98. The summed E-state index contributed by atoms with van der Waals surface area (Å²) in [6.07, 6.45) is 0.891. The third-order valence-electron chi connectivity index (χ3n) is 4.74. The van der Waals surface area contributed by atoms with Gasteiger partial charge in [0.2, 0.25) is 0 Å². The highest BCUT2D eigenvalue weighted by Gasteiger charge is 2.37. The van der Waals surface area contributed by atoms with Crippen molar-refractivity contribution in [2.24, 2.45) is 5.41 Å². The van der Waals surface area contributed by atoms with Gasteiger partial charge in [-0.2, -0.15) is 0 Å². The molecule has 0 spiro atoms. The topological polar surface area (TPSA) is 85.2 Å². The number of para-hydroxylation sites is 1. The summed E-state index contributed by atoms with van der Waals surface area (Å²) in [6, 6.07) is 8.91. The second-order valence-electron chi connectivity index (χ2n) is 9.08. The van der Waals surface area contributed by atoms with Crippen LogP contribution in [0.3, 0.4) is 0 Å². The van der Waals surface area contributed by atoms with Crippen LogP contribution in [0.1, 0.15) is 52.9 Å². The molecule has 2 aromatic rings. The highest BCUT2D eigenvalue weighted by atomic mass is 16.5. The second kappa shape index (κ2) is 7.87. The molecule has 1 aromatic carbocycles. The van der Waals surface area contributed by atoms with Crippen LogP contribution >= 0.6 is 0 Å². The number of amides is 2. The van der Waals surface area contributed by atoms with E-state index in [0.29, 0.717) is 25.6 Å². The SMILES string of the molecule is CC(C)(C)CC(C)(C)n1nnnc1C1COCCN1C(=O)Nc1ccccc1. The third kappa shape index (κ3) is 4.67. The Morgan fingerprint density at radius 1 is 1.21 bits per heavy atom. The molecule has 8 nitrogen and oxygen atoms in total. The van der Waals surface area contributed by atoms with E-state index in [-0.39, 0.29) is 23.0 Å². The number of carbonyl (C=O) groups is 1. The minimum absolute atomic E-state index is 0.111. The molecule has 152 valence electrons. The predicted octanol–water partition coefficient (Wildman–Crippen LogP) is 3.45. The molecule has 1 aromatic heterocycles. The fourth-order valence-corrected chi connectivity index (χ4v) is 3.98. The molecule has 3 rings (SSSR count). The number of hydrogen-bond acceptors (Lipinski definition) is 5. The zero-order chi connectivity index (χ0) is 20.4. The van der Waals surface area contributed by atoms with Gasteiger partial charge in [-0.05, 0) is 48.2 Å². The van der Waals surface area contributed by atoms with E-state index in [4.69, 9.17) is 4.74 Å². The van der Waals surface area contributed by atoms with E-state index in [1.165, 1.54) is 0 Å². The molecular weight excluding hydrogens is 356 g/mol. The molecule has 2 amide bonds. The summed E-state index contributed by atoms with van der Waals surface area (Å²) in [5, 5.41) is 15.4. The van der Waals surface area contributed by atoms with Gasteiger partial charge in [0.25, 0.3) is 0 Å². The Hall–Kier alpha value is -2.48. The maximum atomic E-state index is 12.9. The first-order chi connectivity index (χ1) is 13.2. The van der Waals surface area contributed by atoms with E-state index in [0.717, 1.165) is 12.1 Å². The average molecular weight is 387 g/mol. The average Bonchev–Trinajstić information content (AvgIpc) is 3.11. The van der Waals surface area contributed by atoms with Crippen molar-refractivity contribution in [3.63, 3.8) is 0 Å². The number of carbonyl (C=O) groups excluding carboxylic acids is 1. The van der Waals surface area contributed by atoms with Crippen molar-refractivity contribution in [2.45, 2.75) is 52.6 Å². The van der Waals surface area contributed by atoms with Crippen LogP contribution in [0.4, 0.5) is 10.5 Å². The van der Waals surface area contributed by atoms with E-state index in [1.54, 1.807) is 4.90 Å². The summed E-state index contributed by atoms with van der Waals surface area (Å²) < 4.78 is 7.52. The highest BCUT2D eigenvalue weighted by molar-refractivity contribution is 5.89. The molecule has 0 saturated carbocycles. The molecule has 1 atom stereocenters. The van der Waals surface area contributed by atoms with Gasteiger partial charge in [0.1, 0.15) is 6.04 Å². The second-order valence-corrected chi connectivity index (χ2v) is 9.08. The number of morpholine rings is 1. The smallest absolute Gasteiger partial charge is 0.322 e. The van der Waals surface area contributed by atoms with Crippen molar-refractivity contribution in [1.29, 1.82) is 0 Å². The molecule has 0 aliphatic carbocycles. The van der Waals surface area contributed by atoms with Crippen LogP contribution in [-0.4, -0.2) is 50.9 Å². The molecule has 0 radical (unpaired) electrons. The first-order valence-corrected chi connectivity index (χ1v) is 9.67. The highest BCUT2D eigenvalue weighted by Crippen LogP contribution is 2.34. The normalized spacial score (nSPS) is 18.2. The summed E-state index contributed by atoms with van der Waals surface area (Å²) in [7, 11) is 0. The van der Waals surface area contributed by atoms with Crippen LogP contribution in [0.5, 0.6) is 0 Å². The molecule has 1 saturated heterocycles. The minimum atomic E-state index is -0.341. The van der Waals surface area contributed by atoms with Crippen molar-refractivity contribution >= 4 is 11.7 Å². The predicted molar refractivity (Wildman–Crippen MR) is 107 cm³/mol. The number of aromatic nitrogens is 4. The summed E-state index contributed by atoms with van der Waals surface area (Å²) in [5.41, 5.74) is 0.571. The Kier molecular flexibility index (Phi) is 5.69. The standard InChI is InChI=1S/C20H30N6O2/c1-19(2,3)14-20(4,5)26-17(22-23-24-26)16-13-28-12-11-25(16)18(27)21-15-9-7-6-8-10-15/h6-10,16H,11-14H2,1-5H3,(H,21,27). The number of urea groups is 1. The summed E-state index contributed by atoms with van der Waals surface area (Å²) in [6.45, 7) is 12.2. The number of nitrogens with zero attached hydrogens (tertiary/aromatic N) is 5. The lowest BCUT2D eigenvalue weighted by molar-refractivity contribution is 0.00760. The Morgan fingerprint density at radius 2 is 1.93 bits per heavy atom. The summed E-state index contributed by atoms with van der Waals surface area (Å²) in [5.74, 6) is 0.650. The zero-order valence-electron chi connectivity index (χ0n) is 17.3. The van der Waals surface area contributed by atoms with Gasteiger partial charge in [-0.25, -0.2) is 9.48 Å². The summed E-state index contributed by atoms with van der Waals surface area (Å²) >= 11 is 0. The zero-order valence-corrected chi connectivity index (χ0v) is 17.3. The van der Waals surface area contributed by atoms with Crippen LogP contribution in [0, 0.1) is 5.41 Å². The number of benzene rings is 1. The monoisotopic (exact) mass is 386 g/mol. The van der Waals surface area contributed by atoms with E-state index in [9.17, 15) is 4.79 Å². The minimum Gasteiger partial charge on any atom is -0.377 e. The lowest BCUT2D eigenvalue weighted by Crippen LogP contribution is -2.47. The lowest BCUT2D eigenvalue weighted by atomic mass is 9.82. The Labute approximate surface area is 166 Å². The van der Waals surface area contributed by atoms with E-state index >= 15 is 0 Å². The molecular formula is C20H30N6O2. The van der Waals surface area contributed by atoms with Gasteiger partial charge >= 0.3 is 6.03 Å². The van der Waals surface area contributed by atoms with Gasteiger partial charge in [-0.3, -0.25) is 0 Å². The number of ether oxygens (including phenoxy) is 1. The number of hydrogen-bond donors (Lipinski definition) is 1. The quantitative estimate of drug-likeness (QED) is 0.870. The number of nitrogens with one attached hydrogen (secondary N) is 1. The molecule has 8 heteroatoms. The largest absolute Gasteiger partial charge is 0.377 e. The van der Waals surface area contributed by atoms with Crippen LogP contribution in [-0.2, 0) is 10.3 Å². The van der Waals surface area contributed by atoms with Gasteiger partial charge < -0.3 is 15.0 Å². The van der Waals surface area contributed by atoms with Crippen LogP contribution in [0.15, 0.2) is 30.3 Å². The molecule has 28 heavy (non-hydrogen) atoms. The Balaban J connectivity index is 1.85. The van der Waals surface area contributed by atoms with E-state index in [2.05, 4.69) is 55.5 Å². The van der Waals surface area contributed by atoms with E-state index in [1.807, 2.05) is 35.0 Å². The van der Waals surface area contributed by atoms with Crippen LogP contribution in [0.25, 0.3) is 0 Å². The van der Waals surface area contributed by atoms with Gasteiger partial charge in [-0.15, -0.1) is 5.10 Å². The van der Waals surface area contributed by atoms with Crippen LogP contribution < -0.4 is 5.32 Å². The third-order valence-corrected chi connectivity index (χ3v) is 4.74. The molecule has 2 heterocycles. The number of anilines is 1.